The molecule has 0 bridgehead atoms. The van der Waals surface area contributed by atoms with Crippen LogP contribution in [0.2, 0.25) is 0 Å². The molecule has 0 saturated carbocycles. The lowest BCUT2D eigenvalue weighted by Crippen LogP contribution is -2.03. The lowest BCUT2D eigenvalue weighted by molar-refractivity contribution is 0.619. The fourth-order valence-electron chi connectivity index (χ4n) is 2.12. The van der Waals surface area contributed by atoms with E-state index in [4.69, 9.17) is 5.73 Å². The van der Waals surface area contributed by atoms with Gasteiger partial charge in [0, 0.05) is 4.47 Å². The SMILES string of the molecule is Cc1ccc(F)c(-n2c(N)nc3cc(Br)ccc32)c1. The first kappa shape index (κ1) is 12.2. The molecule has 2 N–H and O–H groups in total. The Kier molecular flexibility index (Phi) is 2.78. The Labute approximate surface area is 118 Å². The van der Waals surface area contributed by atoms with E-state index in [9.17, 15) is 4.39 Å². The molecule has 0 spiro atoms. The first-order valence-corrected chi connectivity index (χ1v) is 6.55. The molecule has 3 aromatic rings. The van der Waals surface area contributed by atoms with Gasteiger partial charge in [-0.1, -0.05) is 22.0 Å². The number of benzene rings is 2. The van der Waals surface area contributed by atoms with Crippen molar-refractivity contribution in [2.75, 3.05) is 5.73 Å². The molecule has 0 atom stereocenters. The number of hydrogen-bond acceptors (Lipinski definition) is 2. The van der Waals surface area contributed by atoms with Crippen LogP contribution in [-0.2, 0) is 0 Å². The van der Waals surface area contributed by atoms with Crippen molar-refractivity contribution in [2.45, 2.75) is 6.92 Å². The van der Waals surface area contributed by atoms with Crippen molar-refractivity contribution >= 4 is 32.9 Å². The van der Waals surface area contributed by atoms with Crippen molar-refractivity contribution in [3.63, 3.8) is 0 Å². The number of rotatable bonds is 1. The Hall–Kier alpha value is -1.88. The van der Waals surface area contributed by atoms with Crippen LogP contribution in [0.25, 0.3) is 16.7 Å². The molecule has 96 valence electrons. The minimum Gasteiger partial charge on any atom is -0.369 e. The molecule has 0 fully saturated rings. The third kappa shape index (κ3) is 2.00. The monoisotopic (exact) mass is 319 g/mol. The number of hydrogen-bond donors (Lipinski definition) is 1. The molecule has 2 aromatic carbocycles. The van der Waals surface area contributed by atoms with Crippen LogP contribution >= 0.6 is 15.9 Å². The largest absolute Gasteiger partial charge is 0.369 e. The summed E-state index contributed by atoms with van der Waals surface area (Å²) in [7, 11) is 0. The lowest BCUT2D eigenvalue weighted by atomic mass is 10.2. The summed E-state index contributed by atoms with van der Waals surface area (Å²) in [5.41, 5.74) is 8.82. The lowest BCUT2D eigenvalue weighted by Gasteiger charge is -2.08. The Bertz CT molecular complexity index is 780. The summed E-state index contributed by atoms with van der Waals surface area (Å²) < 4.78 is 16.5. The van der Waals surface area contributed by atoms with E-state index < -0.39 is 0 Å². The number of aryl methyl sites for hydroxylation is 1. The van der Waals surface area contributed by atoms with E-state index in [2.05, 4.69) is 20.9 Å². The van der Waals surface area contributed by atoms with Crippen LogP contribution in [0.3, 0.4) is 0 Å². The highest BCUT2D eigenvalue weighted by Crippen LogP contribution is 2.27. The Morgan fingerprint density at radius 1 is 1.21 bits per heavy atom. The van der Waals surface area contributed by atoms with Crippen molar-refractivity contribution in [2.24, 2.45) is 0 Å². The summed E-state index contributed by atoms with van der Waals surface area (Å²) >= 11 is 3.38. The summed E-state index contributed by atoms with van der Waals surface area (Å²) in [5.74, 6) is -0.0443. The van der Waals surface area contributed by atoms with Crippen LogP contribution in [0.15, 0.2) is 40.9 Å². The predicted molar refractivity (Wildman–Crippen MR) is 77.9 cm³/mol. The molecule has 1 heterocycles. The second kappa shape index (κ2) is 4.35. The predicted octanol–water partition coefficient (Wildman–Crippen LogP) is 3.82. The Morgan fingerprint density at radius 3 is 2.79 bits per heavy atom. The van der Waals surface area contributed by atoms with Gasteiger partial charge in [0.15, 0.2) is 0 Å². The van der Waals surface area contributed by atoms with Crippen molar-refractivity contribution in [3.8, 4) is 5.69 Å². The molecule has 3 rings (SSSR count). The Balaban J connectivity index is 2.36. The first-order chi connectivity index (χ1) is 9.06. The molecule has 0 amide bonds. The smallest absolute Gasteiger partial charge is 0.206 e. The molecule has 0 aliphatic rings. The topological polar surface area (TPSA) is 43.8 Å². The number of nitrogens with two attached hydrogens (primary N) is 1. The third-order valence-corrected chi connectivity index (χ3v) is 3.48. The number of anilines is 1. The summed E-state index contributed by atoms with van der Waals surface area (Å²) in [6.07, 6.45) is 0. The molecule has 3 nitrogen and oxygen atoms in total. The molecular formula is C14H11BrFN3. The summed E-state index contributed by atoms with van der Waals surface area (Å²) in [5, 5.41) is 0. The number of halogens is 2. The fourth-order valence-corrected chi connectivity index (χ4v) is 2.47. The molecule has 5 heteroatoms. The number of aromatic nitrogens is 2. The van der Waals surface area contributed by atoms with E-state index in [1.54, 1.807) is 16.7 Å². The van der Waals surface area contributed by atoms with Crippen LogP contribution in [0.1, 0.15) is 5.56 Å². The summed E-state index contributed by atoms with van der Waals surface area (Å²) in [6.45, 7) is 1.91. The third-order valence-electron chi connectivity index (χ3n) is 2.99. The number of nitrogens with zero attached hydrogens (tertiary/aromatic N) is 2. The molecule has 19 heavy (non-hydrogen) atoms. The number of nitrogen functional groups attached to an aromatic ring is 1. The van der Waals surface area contributed by atoms with Gasteiger partial charge in [-0.15, -0.1) is 0 Å². The highest BCUT2D eigenvalue weighted by Gasteiger charge is 2.13. The highest BCUT2D eigenvalue weighted by molar-refractivity contribution is 9.10. The van der Waals surface area contributed by atoms with E-state index in [1.807, 2.05) is 25.1 Å². The van der Waals surface area contributed by atoms with Crippen LogP contribution in [0.5, 0.6) is 0 Å². The van der Waals surface area contributed by atoms with Crippen LogP contribution < -0.4 is 5.73 Å². The maximum atomic E-state index is 14.0. The molecule has 0 radical (unpaired) electrons. The molecule has 0 unspecified atom stereocenters. The van der Waals surface area contributed by atoms with Gasteiger partial charge in [0.2, 0.25) is 5.95 Å². The summed E-state index contributed by atoms with van der Waals surface area (Å²) in [4.78, 5) is 4.27. The van der Waals surface area contributed by atoms with Crippen molar-refractivity contribution < 1.29 is 4.39 Å². The van der Waals surface area contributed by atoms with Crippen LogP contribution in [0, 0.1) is 12.7 Å². The van der Waals surface area contributed by atoms with Gasteiger partial charge in [-0.25, -0.2) is 9.37 Å². The van der Waals surface area contributed by atoms with E-state index in [0.717, 1.165) is 21.1 Å². The fraction of sp³-hybridized carbons (Fsp3) is 0.0714. The number of fused-ring (bicyclic) bond motifs is 1. The van der Waals surface area contributed by atoms with Crippen LogP contribution in [-0.4, -0.2) is 9.55 Å². The van der Waals surface area contributed by atoms with Gasteiger partial charge < -0.3 is 5.73 Å². The van der Waals surface area contributed by atoms with Gasteiger partial charge >= 0.3 is 0 Å². The van der Waals surface area contributed by atoms with Crippen molar-refractivity contribution in [1.29, 1.82) is 0 Å². The van der Waals surface area contributed by atoms with E-state index in [1.165, 1.54) is 6.07 Å². The minimum atomic E-state index is -0.320. The van der Waals surface area contributed by atoms with Gasteiger partial charge in [-0.3, -0.25) is 4.57 Å². The zero-order valence-electron chi connectivity index (χ0n) is 10.2. The molecule has 1 aromatic heterocycles. The number of imidazole rings is 1. The molecule has 0 aliphatic heterocycles. The molecular weight excluding hydrogens is 309 g/mol. The summed E-state index contributed by atoms with van der Waals surface area (Å²) in [6, 6.07) is 10.5. The quantitative estimate of drug-likeness (QED) is 0.741. The van der Waals surface area contributed by atoms with Crippen molar-refractivity contribution in [3.05, 3.63) is 52.3 Å². The first-order valence-electron chi connectivity index (χ1n) is 5.76. The molecule has 0 saturated heterocycles. The maximum absolute atomic E-state index is 14.0. The van der Waals surface area contributed by atoms with E-state index in [-0.39, 0.29) is 11.8 Å². The zero-order valence-corrected chi connectivity index (χ0v) is 11.8. The van der Waals surface area contributed by atoms with Gasteiger partial charge in [-0.05, 0) is 42.8 Å². The van der Waals surface area contributed by atoms with Crippen LogP contribution in [0.4, 0.5) is 10.3 Å². The molecule has 0 aliphatic carbocycles. The van der Waals surface area contributed by atoms with Crippen molar-refractivity contribution in [1.82, 2.24) is 9.55 Å². The van der Waals surface area contributed by atoms with Gasteiger partial charge in [0.1, 0.15) is 5.82 Å². The minimum absolute atomic E-state index is 0.276. The second-order valence-corrected chi connectivity index (χ2v) is 5.31. The van der Waals surface area contributed by atoms with Gasteiger partial charge in [0.25, 0.3) is 0 Å². The second-order valence-electron chi connectivity index (χ2n) is 4.39. The Morgan fingerprint density at radius 2 is 2.00 bits per heavy atom. The maximum Gasteiger partial charge on any atom is 0.206 e. The highest BCUT2D eigenvalue weighted by atomic mass is 79.9. The average molecular weight is 320 g/mol. The normalized spacial score (nSPS) is 11.1. The van der Waals surface area contributed by atoms with Gasteiger partial charge in [-0.2, -0.15) is 0 Å². The van der Waals surface area contributed by atoms with Gasteiger partial charge in [0.05, 0.1) is 16.7 Å². The standard InChI is InChI=1S/C14H11BrFN3/c1-8-2-4-10(16)13(6-8)19-12-5-3-9(15)7-11(12)18-14(19)17/h2-7H,1H3,(H2,17,18). The zero-order chi connectivity index (χ0) is 13.6. The average Bonchev–Trinajstić information content (AvgIpc) is 2.67. The van der Waals surface area contributed by atoms with E-state index in [0.29, 0.717) is 5.69 Å². The van der Waals surface area contributed by atoms with E-state index >= 15 is 0 Å².